The second-order valence-corrected chi connectivity index (χ2v) is 52.3. The summed E-state index contributed by atoms with van der Waals surface area (Å²) < 4.78 is 0. The third-order valence-electron chi connectivity index (χ3n) is 38.6. The molecule has 3 atom stereocenters. The van der Waals surface area contributed by atoms with Crippen molar-refractivity contribution in [3.63, 3.8) is 0 Å². The van der Waals surface area contributed by atoms with Crippen LogP contribution in [0.25, 0.3) is 359 Å². The molecule has 9 heterocycles. The fraction of sp³-hybridized carbons (Fsp3) is 0.234. The van der Waals surface area contributed by atoms with Crippen molar-refractivity contribution in [3.8, 4) is 68.3 Å². The molecular formula is C124H74NS8. The summed E-state index contributed by atoms with van der Waals surface area (Å²) >= 11 is 16.6. The molecule has 0 amide bonds. The summed E-state index contributed by atoms with van der Waals surface area (Å²) in [6, 6.07) is 30.8. The van der Waals surface area contributed by atoms with Crippen molar-refractivity contribution < 1.29 is 0 Å². The lowest BCUT2D eigenvalue weighted by Gasteiger charge is -2.50. The topological polar surface area (TPSA) is 3.24 Å². The Hall–Kier alpha value is -9.98. The van der Waals surface area contributed by atoms with Crippen molar-refractivity contribution in [3.05, 3.63) is 159 Å². The Morgan fingerprint density at radius 3 is 0.789 bits per heavy atom. The highest BCUT2D eigenvalue weighted by molar-refractivity contribution is 7.32. The van der Waals surface area contributed by atoms with Crippen LogP contribution in [0.5, 0.6) is 0 Å². The van der Waals surface area contributed by atoms with Gasteiger partial charge in [-0.25, -0.2) is 0 Å². The van der Waals surface area contributed by atoms with Crippen LogP contribution < -0.4 is 0 Å². The van der Waals surface area contributed by atoms with Crippen LogP contribution in [0.15, 0.2) is 72.8 Å². The molecule has 0 bridgehead atoms. The van der Waals surface area contributed by atoms with Crippen LogP contribution in [0.2, 0.25) is 0 Å². The molecule has 6 aliphatic rings. The Morgan fingerprint density at radius 1 is 0.233 bits per heavy atom. The van der Waals surface area contributed by atoms with Gasteiger partial charge in [-0.15, -0.1) is 90.7 Å². The molecule has 623 valence electrons. The van der Waals surface area contributed by atoms with Crippen LogP contribution in [0.3, 0.4) is 0 Å². The van der Waals surface area contributed by atoms with Crippen LogP contribution in [0.1, 0.15) is 191 Å². The Morgan fingerprint density at radius 2 is 0.466 bits per heavy atom. The van der Waals surface area contributed by atoms with Crippen molar-refractivity contribution in [1.29, 1.82) is 0 Å². The van der Waals surface area contributed by atoms with Gasteiger partial charge in [0.25, 0.3) is 0 Å². The van der Waals surface area contributed by atoms with Crippen LogP contribution in [-0.2, 0) is 36.5 Å². The molecule has 2 spiro atoms. The van der Waals surface area contributed by atoms with E-state index in [1.165, 1.54) is 182 Å². The Labute approximate surface area is 792 Å². The monoisotopic (exact) mass is 1830 g/mol. The highest BCUT2D eigenvalue weighted by atomic mass is 32.1. The molecule has 5 aliphatic carbocycles. The molecule has 42 rings (SSSR count). The van der Waals surface area contributed by atoms with E-state index in [4.69, 9.17) is 0 Å². The van der Waals surface area contributed by atoms with E-state index in [2.05, 4.69) is 195 Å². The molecular weight excluding hydrogens is 1760 g/mol. The van der Waals surface area contributed by atoms with Crippen molar-refractivity contribution >= 4 is 382 Å². The maximum absolute atomic E-state index is 3.09. The third-order valence-corrected chi connectivity index (χ3v) is 49.1. The number of hydrogen-bond acceptors (Lipinski definition) is 9. The number of unbranched alkanes of at least 4 members (excludes halogenated alkanes) is 12. The fourth-order valence-corrected chi connectivity index (χ4v) is 45.1. The molecule has 0 N–H and O–H groups in total. The smallest absolute Gasteiger partial charge is 0.0591 e. The largest absolute Gasteiger partial charge is 0.296 e. The van der Waals surface area contributed by atoms with Gasteiger partial charge >= 0.3 is 0 Å². The lowest BCUT2D eigenvalue weighted by Crippen LogP contribution is -2.50. The fourth-order valence-electron chi connectivity index (χ4n) is 35.2. The highest BCUT2D eigenvalue weighted by Crippen LogP contribution is 2.88. The predicted octanol–water partition coefficient (Wildman–Crippen LogP) is 39.4. The van der Waals surface area contributed by atoms with Crippen molar-refractivity contribution in [2.45, 2.75) is 173 Å². The summed E-state index contributed by atoms with van der Waals surface area (Å²) in [5.74, 6) is 1.35. The molecule has 36 aromatic rings. The van der Waals surface area contributed by atoms with Crippen LogP contribution in [0.4, 0.5) is 0 Å². The first-order valence-corrected chi connectivity index (χ1v) is 57.0. The van der Waals surface area contributed by atoms with Gasteiger partial charge in [0.05, 0.1) is 16.9 Å². The number of likely N-dealkylation sites (N-methyl/N-ethyl adjacent to an activating group) is 1. The van der Waals surface area contributed by atoms with E-state index in [9.17, 15) is 0 Å². The van der Waals surface area contributed by atoms with Gasteiger partial charge in [0.1, 0.15) is 0 Å². The van der Waals surface area contributed by atoms with E-state index in [1.807, 2.05) is 34.0 Å². The normalized spacial score (nSPS) is 19.1. The van der Waals surface area contributed by atoms with E-state index < -0.39 is 5.41 Å². The lowest BCUT2D eigenvalue weighted by atomic mass is 9.49. The van der Waals surface area contributed by atoms with Gasteiger partial charge < -0.3 is 0 Å². The van der Waals surface area contributed by atoms with Crippen molar-refractivity contribution in [1.82, 2.24) is 4.90 Å². The molecule has 1 nitrogen and oxygen atoms in total. The number of hydrogen-bond donors (Lipinski definition) is 0. The standard InChI is InChI=1S/C124H74NS8/c1-6-10-14-18-26-44-38-56(43-24-22-23-25-43)130-118(44)52-34-30-48(126-52)49-31-35-53(127-49)119-45(27-19-15-11-7-2)39-57(131-119)58-40-46(28-20-16-12-8-3)120(132-58)54-36-32-50(128-54)51-33-37-55(129-51)121-47(29-21-17-13-9-4)41-59(133-121)122-124-116-109-101-89-81-72-63-61-60-62-66(63)75-82-80-71(62)73-69-64(60)67-68-65(61)70-74(72)87(89)95-93-79(70)77(68)85-84-76(67)78(69)92-94-86(73)88(80)100-102-90(82)91(83(75)81)103(101)112(116)111(102)114-107(100)105(94)108-98(92)96(84)104-97(85)99(93)110(106(95)109)117(124)113(104)115(108)123(114,124)42-125(122)5/h22-25,30-41,122H,6-21,26-29,42H2,1-5H3. The summed E-state index contributed by atoms with van der Waals surface area (Å²) in [5.41, 5.74) is 12.7. The predicted molar refractivity (Wildman–Crippen MR) is 588 cm³/mol. The van der Waals surface area contributed by atoms with Gasteiger partial charge in [-0.1, -0.05) is 105 Å². The summed E-state index contributed by atoms with van der Waals surface area (Å²) in [5, 5.41) is 90.8. The number of nitrogens with zero attached hydrogens (tertiary/aromatic N) is 1. The van der Waals surface area contributed by atoms with E-state index in [-0.39, 0.29) is 11.5 Å². The summed E-state index contributed by atoms with van der Waals surface area (Å²) in [6.07, 6.45) is 33.8. The second kappa shape index (κ2) is 21.2. The zero-order valence-electron chi connectivity index (χ0n) is 73.9. The second-order valence-electron chi connectivity index (χ2n) is 43.8. The zero-order valence-corrected chi connectivity index (χ0v) is 80.4. The van der Waals surface area contributed by atoms with Gasteiger partial charge in [0, 0.05) is 90.5 Å². The Kier molecular flexibility index (Phi) is 11.0. The van der Waals surface area contributed by atoms with E-state index >= 15 is 0 Å². The SMILES string of the molecule is CCCCCCc1cc([C]2[CH][CH][CH][CH]2)sc1-c1ccc(-c2ccc(-c3sc(-c4cc(CCCCCC)c(-c5ccc(-c6ccc(-c7sc(C8N(C)CC9%10c%11c%12c%13c%14c%15c%16c(c%17c%18c9c9c%19c%11c%11c%20c%12c%12c%14c%14c%15c%15c%21c%16c%17c%16c%17c%18c9c9c%18c%19c%11c%11c%19c%20c%12c%12c%14c%14c%15c%15c%21c%16c%16c%17c9c9c%18c%11c%11c%19c%12c%14c%12c%15c%16c9c%11%12)C%138%10)cc7CCCCCC)s6)s5)s4)cc3CCCCCC)s2)s1. The molecule has 28 aromatic carbocycles. The van der Waals surface area contributed by atoms with Gasteiger partial charge in [-0.2, -0.15) is 0 Å². The molecule has 1 saturated carbocycles. The zero-order chi connectivity index (χ0) is 84.6. The molecule has 2 fully saturated rings. The summed E-state index contributed by atoms with van der Waals surface area (Å²) in [6.45, 7) is 10.5. The lowest BCUT2D eigenvalue weighted by molar-refractivity contribution is 0.276. The molecule has 8 aromatic heterocycles. The van der Waals surface area contributed by atoms with E-state index in [0.717, 1.165) is 32.2 Å². The number of rotatable bonds is 29. The molecule has 9 heteroatoms. The quantitative estimate of drug-likeness (QED) is 0.0334. The number of thiophene rings is 8. The van der Waals surface area contributed by atoms with Crippen LogP contribution >= 0.6 is 90.7 Å². The number of aryl methyl sites for hydroxylation is 4. The highest BCUT2D eigenvalue weighted by Gasteiger charge is 2.76. The van der Waals surface area contributed by atoms with Gasteiger partial charge in [-0.3, -0.25) is 4.90 Å². The van der Waals surface area contributed by atoms with Crippen molar-refractivity contribution in [2.24, 2.45) is 0 Å². The van der Waals surface area contributed by atoms with Gasteiger partial charge in [0.2, 0.25) is 0 Å². The van der Waals surface area contributed by atoms with Crippen molar-refractivity contribution in [2.75, 3.05) is 13.6 Å². The first kappa shape index (κ1) is 68.9. The Balaban J connectivity index is 0.500. The van der Waals surface area contributed by atoms with E-state index in [0.29, 0.717) is 0 Å². The maximum atomic E-state index is 3.09. The van der Waals surface area contributed by atoms with Crippen LogP contribution in [0, 0.1) is 31.6 Å². The first-order chi connectivity index (χ1) is 65.9. The Bertz CT molecular complexity index is 11100. The number of likely N-dealkylation sites (tertiary alicyclic amines) is 1. The molecule has 1 aliphatic heterocycles. The van der Waals surface area contributed by atoms with Gasteiger partial charge in [-0.05, 0) is 492 Å². The summed E-state index contributed by atoms with van der Waals surface area (Å²) in [4.78, 5) is 26.4. The molecule has 133 heavy (non-hydrogen) atoms. The molecule has 1 saturated heterocycles. The minimum Gasteiger partial charge on any atom is -0.296 e. The minimum absolute atomic E-state index is 0.107. The van der Waals surface area contributed by atoms with E-state index in [1.54, 1.807) is 340 Å². The first-order valence-electron chi connectivity index (χ1n) is 50.5. The number of benzene rings is 17. The van der Waals surface area contributed by atoms with Crippen LogP contribution in [-0.4, -0.2) is 18.5 Å². The minimum atomic E-state index is -0.399. The van der Waals surface area contributed by atoms with Gasteiger partial charge in [0.15, 0.2) is 0 Å². The maximum Gasteiger partial charge on any atom is 0.0591 e. The average Bonchev–Trinajstić information content (AvgIpc) is 1.38. The molecule has 3 unspecified atom stereocenters. The summed E-state index contributed by atoms with van der Waals surface area (Å²) in [7, 11) is 2.68. The molecule has 5 radical (unpaired) electrons. The average molecular weight is 1830 g/mol. The third kappa shape index (κ3) is 6.28.